The fraction of sp³-hybridized carbons (Fsp3) is 0.105. The number of fused-ring (bicyclic) bond motifs is 2. The highest BCUT2D eigenvalue weighted by atomic mass is 16.5. The molecule has 0 aliphatic carbocycles. The number of nitrogens with zero attached hydrogens (tertiary/aromatic N) is 2. The van der Waals surface area contributed by atoms with E-state index in [0.29, 0.717) is 5.69 Å². The van der Waals surface area contributed by atoms with Crippen LogP contribution in [0.15, 0.2) is 59.7 Å². The Morgan fingerprint density at radius 1 is 1.16 bits per heavy atom. The summed E-state index contributed by atoms with van der Waals surface area (Å²) in [6.45, 7) is 1.98. The van der Waals surface area contributed by atoms with Crippen LogP contribution in [0.5, 0.6) is 0 Å². The van der Waals surface area contributed by atoms with E-state index in [1.807, 2.05) is 42.5 Å². The van der Waals surface area contributed by atoms with Gasteiger partial charge in [0.25, 0.3) is 5.56 Å². The molecule has 0 saturated carbocycles. The van der Waals surface area contributed by atoms with E-state index in [0.717, 1.165) is 16.3 Å². The lowest BCUT2D eigenvalue weighted by Gasteiger charge is -2.05. The maximum absolute atomic E-state index is 12.3. The third kappa shape index (κ3) is 2.67. The lowest BCUT2D eigenvalue weighted by molar-refractivity contribution is 0.0520. The molecule has 0 unspecified atom stereocenters. The van der Waals surface area contributed by atoms with Crippen LogP contribution < -0.4 is 5.56 Å². The maximum Gasteiger partial charge on any atom is 0.358 e. The predicted molar refractivity (Wildman–Crippen MR) is 94.7 cm³/mol. The van der Waals surface area contributed by atoms with Crippen molar-refractivity contribution in [2.75, 3.05) is 6.61 Å². The van der Waals surface area contributed by atoms with Crippen LogP contribution >= 0.6 is 0 Å². The molecule has 2 aromatic heterocycles. The van der Waals surface area contributed by atoms with Crippen molar-refractivity contribution in [2.45, 2.75) is 6.92 Å². The van der Waals surface area contributed by atoms with Gasteiger partial charge in [-0.25, -0.2) is 9.78 Å². The van der Waals surface area contributed by atoms with Gasteiger partial charge in [0, 0.05) is 18.0 Å². The first-order valence-electron chi connectivity index (χ1n) is 7.94. The zero-order valence-electron chi connectivity index (χ0n) is 13.5. The number of aromatic nitrogens is 3. The second-order valence-electron chi connectivity index (χ2n) is 5.64. The van der Waals surface area contributed by atoms with Crippen LogP contribution in [-0.4, -0.2) is 26.9 Å². The number of imidazole rings is 1. The van der Waals surface area contributed by atoms with Crippen LogP contribution in [-0.2, 0) is 4.74 Å². The standard InChI is InChI=1S/C19H15N3O3/c1-2-25-19(24)16-11-22-10-15(21-18(23)17(22)20-16)14-8-7-12-5-3-4-6-13(12)9-14/h3-11H,2H2,1H3,(H,21,23). The van der Waals surface area contributed by atoms with Gasteiger partial charge in [0.1, 0.15) is 0 Å². The molecule has 6 nitrogen and oxygen atoms in total. The van der Waals surface area contributed by atoms with Gasteiger partial charge in [-0.3, -0.25) is 9.20 Å². The molecule has 0 fully saturated rings. The lowest BCUT2D eigenvalue weighted by atomic mass is 10.1. The lowest BCUT2D eigenvalue weighted by Crippen LogP contribution is -2.11. The fourth-order valence-electron chi connectivity index (χ4n) is 2.82. The molecule has 0 aliphatic heterocycles. The molecule has 0 atom stereocenters. The third-order valence-electron chi connectivity index (χ3n) is 4.00. The molecule has 1 N–H and O–H groups in total. The predicted octanol–water partition coefficient (Wildman–Crippen LogP) is 3.02. The van der Waals surface area contributed by atoms with Crippen molar-refractivity contribution in [3.63, 3.8) is 0 Å². The number of benzene rings is 2. The summed E-state index contributed by atoms with van der Waals surface area (Å²) >= 11 is 0. The molecule has 124 valence electrons. The molecule has 4 rings (SSSR count). The zero-order chi connectivity index (χ0) is 17.4. The Balaban J connectivity index is 1.84. The minimum absolute atomic E-state index is 0.114. The topological polar surface area (TPSA) is 76.5 Å². The van der Waals surface area contributed by atoms with Crippen molar-refractivity contribution in [1.29, 1.82) is 0 Å². The highest BCUT2D eigenvalue weighted by Gasteiger charge is 2.14. The average molecular weight is 333 g/mol. The summed E-state index contributed by atoms with van der Waals surface area (Å²) < 4.78 is 6.48. The normalized spacial score (nSPS) is 11.1. The van der Waals surface area contributed by atoms with Crippen molar-refractivity contribution >= 4 is 22.4 Å². The van der Waals surface area contributed by atoms with E-state index in [1.54, 1.807) is 17.5 Å². The van der Waals surface area contributed by atoms with E-state index in [1.165, 1.54) is 6.20 Å². The molecule has 0 saturated heterocycles. The summed E-state index contributed by atoms with van der Waals surface area (Å²) in [6, 6.07) is 14.0. The number of esters is 1. The smallest absolute Gasteiger partial charge is 0.358 e. The second-order valence-corrected chi connectivity index (χ2v) is 5.64. The quantitative estimate of drug-likeness (QED) is 0.585. The van der Waals surface area contributed by atoms with Gasteiger partial charge in [-0.1, -0.05) is 36.4 Å². The Bertz CT molecular complexity index is 1160. The number of hydrogen-bond donors (Lipinski definition) is 1. The van der Waals surface area contributed by atoms with Crippen LogP contribution in [0.1, 0.15) is 17.4 Å². The van der Waals surface area contributed by atoms with Crippen LogP contribution in [0, 0.1) is 0 Å². The molecule has 0 spiro atoms. The van der Waals surface area contributed by atoms with E-state index in [9.17, 15) is 9.59 Å². The Hall–Kier alpha value is -3.41. The molecular formula is C19H15N3O3. The van der Waals surface area contributed by atoms with Gasteiger partial charge < -0.3 is 9.72 Å². The van der Waals surface area contributed by atoms with Crippen LogP contribution in [0.2, 0.25) is 0 Å². The van der Waals surface area contributed by atoms with Gasteiger partial charge in [-0.15, -0.1) is 0 Å². The van der Waals surface area contributed by atoms with Crippen LogP contribution in [0.3, 0.4) is 0 Å². The van der Waals surface area contributed by atoms with Crippen molar-refractivity contribution in [3.05, 3.63) is 70.9 Å². The minimum atomic E-state index is -0.544. The van der Waals surface area contributed by atoms with Gasteiger partial charge in [0.05, 0.1) is 12.3 Å². The van der Waals surface area contributed by atoms with E-state index < -0.39 is 5.97 Å². The number of aromatic amines is 1. The number of carbonyl (C=O) groups is 1. The average Bonchev–Trinajstić information content (AvgIpc) is 3.06. The highest BCUT2D eigenvalue weighted by molar-refractivity contribution is 5.88. The number of hydrogen-bond acceptors (Lipinski definition) is 4. The van der Waals surface area contributed by atoms with Crippen molar-refractivity contribution in [2.24, 2.45) is 0 Å². The van der Waals surface area contributed by atoms with Gasteiger partial charge in [-0.2, -0.15) is 0 Å². The Morgan fingerprint density at radius 2 is 1.96 bits per heavy atom. The summed E-state index contributed by atoms with van der Waals surface area (Å²) in [4.78, 5) is 31.0. The molecule has 0 aliphatic rings. The summed E-state index contributed by atoms with van der Waals surface area (Å²) in [5.41, 5.74) is 1.44. The summed E-state index contributed by atoms with van der Waals surface area (Å²) in [6.07, 6.45) is 3.25. The van der Waals surface area contributed by atoms with E-state index in [-0.39, 0.29) is 23.5 Å². The van der Waals surface area contributed by atoms with Gasteiger partial charge in [0.15, 0.2) is 5.69 Å². The highest BCUT2D eigenvalue weighted by Crippen LogP contribution is 2.22. The maximum atomic E-state index is 12.3. The molecule has 0 bridgehead atoms. The fourth-order valence-corrected chi connectivity index (χ4v) is 2.82. The van der Waals surface area contributed by atoms with Crippen molar-refractivity contribution in [1.82, 2.24) is 14.4 Å². The Morgan fingerprint density at radius 3 is 2.76 bits per heavy atom. The Kier molecular flexibility index (Phi) is 3.57. The molecular weight excluding hydrogens is 318 g/mol. The van der Waals surface area contributed by atoms with Crippen LogP contribution in [0.25, 0.3) is 27.7 Å². The van der Waals surface area contributed by atoms with Gasteiger partial charge in [-0.05, 0) is 23.8 Å². The van der Waals surface area contributed by atoms with Gasteiger partial charge >= 0.3 is 5.97 Å². The molecule has 0 amide bonds. The first-order chi connectivity index (χ1) is 12.2. The SMILES string of the molecule is CCOC(=O)c1cn2cc(-c3ccc4ccccc4c3)[nH]c(=O)c2n1. The van der Waals surface area contributed by atoms with E-state index in [4.69, 9.17) is 4.74 Å². The molecule has 4 aromatic rings. The zero-order valence-corrected chi connectivity index (χ0v) is 13.5. The largest absolute Gasteiger partial charge is 0.461 e. The van der Waals surface area contributed by atoms with Crippen LogP contribution in [0.4, 0.5) is 0 Å². The summed E-state index contributed by atoms with van der Waals surface area (Å²) in [7, 11) is 0. The molecule has 2 heterocycles. The summed E-state index contributed by atoms with van der Waals surface area (Å²) in [5.74, 6) is -0.544. The number of ether oxygens (including phenoxy) is 1. The van der Waals surface area contributed by atoms with E-state index >= 15 is 0 Å². The molecule has 0 radical (unpaired) electrons. The Labute approximate surface area is 142 Å². The van der Waals surface area contributed by atoms with Gasteiger partial charge in [0.2, 0.25) is 5.65 Å². The number of carbonyl (C=O) groups excluding carboxylic acids is 1. The van der Waals surface area contributed by atoms with Crippen molar-refractivity contribution in [3.8, 4) is 11.3 Å². The van der Waals surface area contributed by atoms with E-state index in [2.05, 4.69) is 9.97 Å². The number of rotatable bonds is 3. The summed E-state index contributed by atoms with van der Waals surface area (Å²) in [5, 5.41) is 2.21. The minimum Gasteiger partial charge on any atom is -0.461 e. The number of H-pyrrole nitrogens is 1. The third-order valence-corrected chi connectivity index (χ3v) is 4.00. The second kappa shape index (κ2) is 5.90. The first-order valence-corrected chi connectivity index (χ1v) is 7.94. The molecule has 2 aromatic carbocycles. The van der Waals surface area contributed by atoms with Crippen molar-refractivity contribution < 1.29 is 9.53 Å². The number of nitrogens with one attached hydrogen (secondary N) is 1. The molecule has 25 heavy (non-hydrogen) atoms. The monoisotopic (exact) mass is 333 g/mol. The molecule has 6 heteroatoms. The first kappa shape index (κ1) is 15.1.